The number of rotatable bonds is 7. The Bertz CT molecular complexity index is 2020. The van der Waals surface area contributed by atoms with Gasteiger partial charge < -0.3 is 9.47 Å². The van der Waals surface area contributed by atoms with Crippen molar-refractivity contribution in [1.29, 1.82) is 0 Å². The van der Waals surface area contributed by atoms with E-state index >= 15 is 0 Å². The number of benzene rings is 3. The van der Waals surface area contributed by atoms with E-state index in [9.17, 15) is 14.4 Å². The van der Waals surface area contributed by atoms with Crippen LogP contribution in [0.1, 0.15) is 31.0 Å². The average Bonchev–Trinajstić information content (AvgIpc) is 3.51. The number of hydrogen-bond acceptors (Lipinski definition) is 8. The van der Waals surface area contributed by atoms with Gasteiger partial charge in [-0.1, -0.05) is 75.8 Å². The Morgan fingerprint density at radius 2 is 1.75 bits per heavy atom. The van der Waals surface area contributed by atoms with Crippen LogP contribution in [0.15, 0.2) is 104 Å². The van der Waals surface area contributed by atoms with Crippen molar-refractivity contribution in [2.75, 3.05) is 18.7 Å². The third-order valence-corrected chi connectivity index (χ3v) is 8.86. The Morgan fingerprint density at radius 1 is 1.05 bits per heavy atom. The lowest BCUT2D eigenvalue weighted by Crippen LogP contribution is -2.40. The van der Waals surface area contributed by atoms with Crippen molar-refractivity contribution in [3.8, 4) is 5.75 Å². The molecule has 1 aromatic heterocycles. The highest BCUT2D eigenvalue weighted by atomic mass is 79.9. The summed E-state index contributed by atoms with van der Waals surface area (Å²) in [5, 5.41) is 5.84. The van der Waals surface area contributed by atoms with Crippen LogP contribution in [0.2, 0.25) is 0 Å². The number of methoxy groups -OCH3 is 1. The van der Waals surface area contributed by atoms with E-state index in [4.69, 9.17) is 14.5 Å². The van der Waals surface area contributed by atoms with E-state index < -0.39 is 23.5 Å². The van der Waals surface area contributed by atoms with Gasteiger partial charge in [-0.3, -0.25) is 14.2 Å². The summed E-state index contributed by atoms with van der Waals surface area (Å²) in [6, 6.07) is 22.9. The van der Waals surface area contributed by atoms with Crippen molar-refractivity contribution in [3.63, 3.8) is 0 Å². The van der Waals surface area contributed by atoms with E-state index in [1.54, 1.807) is 38.1 Å². The fourth-order valence-electron chi connectivity index (χ4n) is 5.34. The number of esters is 1. The maximum atomic E-state index is 14.3. The number of carbonyl (C=O) groups excluding carboxylic acids is 2. The molecule has 2 aliphatic heterocycles. The van der Waals surface area contributed by atoms with Gasteiger partial charge in [-0.2, -0.15) is 10.1 Å². The molecule has 0 saturated heterocycles. The molecule has 222 valence electrons. The van der Waals surface area contributed by atoms with Gasteiger partial charge in [-0.15, -0.1) is 0 Å². The minimum atomic E-state index is -0.926. The SMILES string of the molecule is CCOC(=O)C1=C(c2ccccc2)N=c2s/c(=C\[C@@H]3C(=O)N(c4ccccc4)N=C3C)c(=O)n2[C@@H]1c1cc(Br)ccc1OC. The molecule has 4 aromatic rings. The van der Waals surface area contributed by atoms with Crippen molar-refractivity contribution in [2.45, 2.75) is 19.9 Å². The van der Waals surface area contributed by atoms with Crippen LogP contribution in [-0.2, 0) is 14.3 Å². The Kier molecular flexibility index (Phi) is 8.15. The normalized spacial score (nSPS) is 18.2. The summed E-state index contributed by atoms with van der Waals surface area (Å²) in [5.74, 6) is -1.12. The van der Waals surface area contributed by atoms with Gasteiger partial charge in [0, 0.05) is 15.6 Å². The lowest BCUT2D eigenvalue weighted by Gasteiger charge is -2.27. The van der Waals surface area contributed by atoms with Crippen LogP contribution in [-0.4, -0.2) is 35.9 Å². The van der Waals surface area contributed by atoms with Crippen LogP contribution in [0.4, 0.5) is 5.69 Å². The van der Waals surface area contributed by atoms with Crippen molar-refractivity contribution in [3.05, 3.63) is 120 Å². The van der Waals surface area contributed by atoms with E-state index in [0.29, 0.717) is 43.3 Å². The van der Waals surface area contributed by atoms with Crippen molar-refractivity contribution < 1.29 is 19.1 Å². The summed E-state index contributed by atoms with van der Waals surface area (Å²) in [7, 11) is 1.54. The first-order chi connectivity index (χ1) is 21.3. The molecule has 6 rings (SSSR count). The summed E-state index contributed by atoms with van der Waals surface area (Å²) in [6.45, 7) is 3.63. The van der Waals surface area contributed by atoms with Crippen LogP contribution in [0.5, 0.6) is 5.75 Å². The molecule has 0 bridgehead atoms. The number of para-hydroxylation sites is 1. The highest BCUT2D eigenvalue weighted by Gasteiger charge is 2.38. The molecular formula is C33H27BrN4O5S. The number of carbonyl (C=O) groups is 2. The van der Waals surface area contributed by atoms with Crippen molar-refractivity contribution in [2.24, 2.45) is 16.0 Å². The molecule has 0 fully saturated rings. The largest absolute Gasteiger partial charge is 0.496 e. The van der Waals surface area contributed by atoms with Gasteiger partial charge >= 0.3 is 5.97 Å². The van der Waals surface area contributed by atoms with Gasteiger partial charge in [-0.05, 0) is 50.3 Å². The molecule has 0 aliphatic carbocycles. The minimum absolute atomic E-state index is 0.136. The zero-order chi connectivity index (χ0) is 31.0. The fourth-order valence-corrected chi connectivity index (χ4v) is 6.73. The van der Waals surface area contributed by atoms with Crippen molar-refractivity contribution >= 4 is 62.3 Å². The van der Waals surface area contributed by atoms with E-state index in [2.05, 4.69) is 21.0 Å². The summed E-state index contributed by atoms with van der Waals surface area (Å²) < 4.78 is 13.8. The van der Waals surface area contributed by atoms with E-state index in [1.165, 1.54) is 16.7 Å². The van der Waals surface area contributed by atoms with Gasteiger partial charge in [-0.25, -0.2) is 9.79 Å². The standard InChI is InChI=1S/C33H27BrN4O5S/c1-4-43-32(41)27-28(20-11-7-5-8-12-20)35-33-37(29(27)24-17-21(34)15-16-25(24)42-3)31(40)26(44-33)18-23-19(2)36-38(30(23)39)22-13-9-6-10-14-22/h5-18,23,29H,4H2,1-3H3/b26-18-/t23-,29+/m0/s1. The molecule has 3 heterocycles. The Balaban J connectivity index is 1.59. The van der Waals surface area contributed by atoms with Gasteiger partial charge in [0.1, 0.15) is 17.7 Å². The predicted molar refractivity (Wildman–Crippen MR) is 173 cm³/mol. The second-order valence-corrected chi connectivity index (χ2v) is 12.0. The quantitative estimate of drug-likeness (QED) is 0.265. The number of anilines is 1. The third-order valence-electron chi connectivity index (χ3n) is 7.36. The maximum absolute atomic E-state index is 14.3. The molecule has 2 aliphatic rings. The third kappa shape index (κ3) is 5.22. The molecule has 11 heteroatoms. The molecular weight excluding hydrogens is 644 g/mol. The molecule has 0 spiro atoms. The highest BCUT2D eigenvalue weighted by Crippen LogP contribution is 2.40. The number of fused-ring (bicyclic) bond motifs is 1. The number of amides is 1. The van der Waals surface area contributed by atoms with Gasteiger partial charge in [0.15, 0.2) is 4.80 Å². The Labute approximate surface area is 265 Å². The number of nitrogens with zero attached hydrogens (tertiary/aromatic N) is 4. The summed E-state index contributed by atoms with van der Waals surface area (Å²) in [6.07, 6.45) is 1.64. The molecule has 44 heavy (non-hydrogen) atoms. The second kappa shape index (κ2) is 12.2. The van der Waals surface area contributed by atoms with E-state index in [-0.39, 0.29) is 18.1 Å². The van der Waals surface area contributed by atoms with Gasteiger partial charge in [0.25, 0.3) is 11.5 Å². The molecule has 0 saturated carbocycles. The summed E-state index contributed by atoms with van der Waals surface area (Å²) in [5.41, 5.74) is 2.68. The van der Waals surface area contributed by atoms with Crippen molar-refractivity contribution in [1.82, 2.24) is 4.57 Å². The molecule has 0 unspecified atom stereocenters. The lowest BCUT2D eigenvalue weighted by atomic mass is 9.92. The molecule has 9 nitrogen and oxygen atoms in total. The van der Waals surface area contributed by atoms with Crippen LogP contribution in [0.3, 0.4) is 0 Å². The van der Waals surface area contributed by atoms with E-state index in [0.717, 1.165) is 15.8 Å². The average molecular weight is 672 g/mol. The van der Waals surface area contributed by atoms with Crippen LogP contribution in [0.25, 0.3) is 11.8 Å². The number of ether oxygens (including phenoxy) is 2. The first-order valence-electron chi connectivity index (χ1n) is 13.9. The van der Waals surface area contributed by atoms with Gasteiger partial charge in [0.05, 0.1) is 40.9 Å². The zero-order valence-corrected chi connectivity index (χ0v) is 26.5. The van der Waals surface area contributed by atoms with Crippen LogP contribution in [0, 0.1) is 5.92 Å². The highest BCUT2D eigenvalue weighted by molar-refractivity contribution is 9.10. The smallest absolute Gasteiger partial charge is 0.338 e. The predicted octanol–water partition coefficient (Wildman–Crippen LogP) is 4.70. The molecule has 0 radical (unpaired) electrons. The Morgan fingerprint density at radius 3 is 2.43 bits per heavy atom. The van der Waals surface area contributed by atoms with E-state index in [1.807, 2.05) is 60.7 Å². The molecule has 3 aromatic carbocycles. The second-order valence-electron chi connectivity index (χ2n) is 10.0. The number of hydrogen-bond donors (Lipinski definition) is 0. The lowest BCUT2D eigenvalue weighted by molar-refractivity contribution is -0.138. The topological polar surface area (TPSA) is 103 Å². The Hall–Kier alpha value is -4.61. The first-order valence-corrected chi connectivity index (χ1v) is 15.5. The number of aromatic nitrogens is 1. The molecule has 0 N–H and O–H groups in total. The maximum Gasteiger partial charge on any atom is 0.338 e. The number of thiazole rings is 1. The summed E-state index contributed by atoms with van der Waals surface area (Å²) >= 11 is 4.70. The number of hydrazone groups is 1. The molecule has 1 amide bonds. The number of halogens is 1. The fraction of sp³-hybridized carbons (Fsp3) is 0.182. The summed E-state index contributed by atoms with van der Waals surface area (Å²) in [4.78, 5) is 46.8. The minimum Gasteiger partial charge on any atom is -0.496 e. The monoisotopic (exact) mass is 670 g/mol. The van der Waals surface area contributed by atoms with Crippen LogP contribution >= 0.6 is 27.3 Å². The van der Waals surface area contributed by atoms with Gasteiger partial charge in [0.2, 0.25) is 0 Å². The van der Waals surface area contributed by atoms with Crippen LogP contribution < -0.4 is 24.6 Å². The zero-order valence-electron chi connectivity index (χ0n) is 24.1. The first kappa shape index (κ1) is 29.5. The molecule has 2 atom stereocenters.